The van der Waals surface area contributed by atoms with Crippen LogP contribution >= 0.6 is 11.6 Å². The number of hydrogen-bond acceptors (Lipinski definition) is 2. The van der Waals surface area contributed by atoms with E-state index in [0.717, 1.165) is 24.2 Å². The molecule has 1 aliphatic rings. The van der Waals surface area contributed by atoms with Crippen LogP contribution in [0.15, 0.2) is 36.4 Å². The third-order valence-electron chi connectivity index (χ3n) is 3.51. The first-order valence-electron chi connectivity index (χ1n) is 6.21. The van der Waals surface area contributed by atoms with Crippen molar-refractivity contribution in [3.63, 3.8) is 0 Å². The van der Waals surface area contributed by atoms with Crippen LogP contribution in [0.2, 0.25) is 5.02 Å². The van der Waals surface area contributed by atoms with Crippen molar-refractivity contribution in [1.29, 1.82) is 0 Å². The second-order valence-corrected chi connectivity index (χ2v) is 5.22. The molecular weight excluding hydrogens is 263 g/mol. The van der Waals surface area contributed by atoms with Gasteiger partial charge in [-0.2, -0.15) is 0 Å². The van der Waals surface area contributed by atoms with Crippen LogP contribution in [-0.2, 0) is 13.0 Å². The molecule has 1 aliphatic heterocycles. The van der Waals surface area contributed by atoms with E-state index < -0.39 is 0 Å². The minimum absolute atomic E-state index is 0.204. The number of nitrogens with two attached hydrogens (primary N) is 1. The topological polar surface area (TPSA) is 29.3 Å². The molecule has 3 rings (SSSR count). The lowest BCUT2D eigenvalue weighted by atomic mass is 10.1. The number of halogens is 2. The molecule has 0 bridgehead atoms. The lowest BCUT2D eigenvalue weighted by Gasteiger charge is -2.20. The molecule has 0 saturated heterocycles. The summed E-state index contributed by atoms with van der Waals surface area (Å²) >= 11 is 5.99. The summed E-state index contributed by atoms with van der Waals surface area (Å²) in [5.74, 6) is -0.204. The summed E-state index contributed by atoms with van der Waals surface area (Å²) in [7, 11) is 0. The molecule has 0 aliphatic carbocycles. The molecule has 0 spiro atoms. The standard InChI is InChI=1S/C15H14ClFN2/c16-12-2-4-14(18)11(7-12)9-19-6-5-10-1-3-13(17)8-15(10)19/h1-4,7-8H,5-6,9,18H2. The Morgan fingerprint density at radius 2 is 2.05 bits per heavy atom. The molecule has 0 unspecified atom stereocenters. The first-order chi connectivity index (χ1) is 9.13. The second kappa shape index (κ2) is 4.74. The average Bonchev–Trinajstić information content (AvgIpc) is 2.77. The smallest absolute Gasteiger partial charge is 0.125 e. The fraction of sp³-hybridized carbons (Fsp3) is 0.200. The maximum Gasteiger partial charge on any atom is 0.125 e. The Bertz CT molecular complexity index is 628. The van der Waals surface area contributed by atoms with Crippen LogP contribution in [0.4, 0.5) is 15.8 Å². The maximum absolute atomic E-state index is 13.3. The number of nitrogens with zero attached hydrogens (tertiary/aromatic N) is 1. The Morgan fingerprint density at radius 1 is 1.21 bits per heavy atom. The van der Waals surface area contributed by atoms with Gasteiger partial charge in [0, 0.05) is 29.5 Å². The monoisotopic (exact) mass is 276 g/mol. The van der Waals surface area contributed by atoms with Gasteiger partial charge in [-0.05, 0) is 47.9 Å². The summed E-state index contributed by atoms with van der Waals surface area (Å²) in [6.07, 6.45) is 0.941. The molecule has 19 heavy (non-hydrogen) atoms. The van der Waals surface area contributed by atoms with E-state index in [2.05, 4.69) is 4.90 Å². The zero-order valence-electron chi connectivity index (χ0n) is 10.4. The van der Waals surface area contributed by atoms with E-state index >= 15 is 0 Å². The third kappa shape index (κ3) is 2.38. The van der Waals surface area contributed by atoms with Crippen LogP contribution in [0.25, 0.3) is 0 Å². The van der Waals surface area contributed by atoms with Crippen molar-refractivity contribution in [3.05, 3.63) is 58.4 Å². The molecule has 0 radical (unpaired) electrons. The molecule has 0 atom stereocenters. The third-order valence-corrected chi connectivity index (χ3v) is 3.74. The van der Waals surface area contributed by atoms with E-state index in [0.29, 0.717) is 17.3 Å². The summed E-state index contributed by atoms with van der Waals surface area (Å²) in [6.45, 7) is 1.54. The summed E-state index contributed by atoms with van der Waals surface area (Å²) in [6, 6.07) is 10.4. The highest BCUT2D eigenvalue weighted by molar-refractivity contribution is 6.30. The van der Waals surface area contributed by atoms with Crippen molar-refractivity contribution in [1.82, 2.24) is 0 Å². The maximum atomic E-state index is 13.3. The fourth-order valence-electron chi connectivity index (χ4n) is 2.50. The minimum Gasteiger partial charge on any atom is -0.398 e. The van der Waals surface area contributed by atoms with Gasteiger partial charge < -0.3 is 10.6 Å². The Morgan fingerprint density at radius 3 is 2.89 bits per heavy atom. The van der Waals surface area contributed by atoms with Crippen LogP contribution in [0.5, 0.6) is 0 Å². The quantitative estimate of drug-likeness (QED) is 0.849. The van der Waals surface area contributed by atoms with Gasteiger partial charge in [-0.3, -0.25) is 0 Å². The fourth-order valence-corrected chi connectivity index (χ4v) is 2.69. The molecule has 2 N–H and O–H groups in total. The normalized spacial score (nSPS) is 13.7. The predicted molar refractivity (Wildman–Crippen MR) is 77.0 cm³/mol. The summed E-state index contributed by atoms with van der Waals surface area (Å²) in [5, 5.41) is 0.669. The highest BCUT2D eigenvalue weighted by Crippen LogP contribution is 2.31. The molecule has 0 aromatic heterocycles. The second-order valence-electron chi connectivity index (χ2n) is 4.79. The van der Waals surface area contributed by atoms with Crippen molar-refractivity contribution in [2.75, 3.05) is 17.2 Å². The van der Waals surface area contributed by atoms with Crippen molar-refractivity contribution < 1.29 is 4.39 Å². The zero-order valence-corrected chi connectivity index (χ0v) is 11.1. The van der Waals surface area contributed by atoms with Crippen LogP contribution < -0.4 is 10.6 Å². The van der Waals surface area contributed by atoms with Crippen LogP contribution in [0.1, 0.15) is 11.1 Å². The predicted octanol–water partition coefficient (Wildman–Crippen LogP) is 3.62. The van der Waals surface area contributed by atoms with Crippen LogP contribution in [-0.4, -0.2) is 6.54 Å². The molecule has 0 fully saturated rings. The first-order valence-corrected chi connectivity index (χ1v) is 6.58. The molecule has 98 valence electrons. The van der Waals surface area contributed by atoms with Crippen molar-refractivity contribution in [2.24, 2.45) is 0 Å². The van der Waals surface area contributed by atoms with Crippen LogP contribution in [0.3, 0.4) is 0 Å². The van der Waals surface area contributed by atoms with Crippen molar-refractivity contribution in [3.8, 4) is 0 Å². The molecule has 1 heterocycles. The van der Waals surface area contributed by atoms with E-state index in [1.165, 1.54) is 11.6 Å². The van der Waals surface area contributed by atoms with Gasteiger partial charge in [0.05, 0.1) is 0 Å². The lowest BCUT2D eigenvalue weighted by molar-refractivity contribution is 0.627. The Kier molecular flexibility index (Phi) is 3.07. The van der Waals surface area contributed by atoms with E-state index in [-0.39, 0.29) is 5.82 Å². The highest BCUT2D eigenvalue weighted by Gasteiger charge is 2.20. The largest absolute Gasteiger partial charge is 0.398 e. The van der Waals surface area contributed by atoms with Gasteiger partial charge in [0.15, 0.2) is 0 Å². The average molecular weight is 277 g/mol. The van der Waals surface area contributed by atoms with Gasteiger partial charge in [-0.25, -0.2) is 4.39 Å². The van der Waals surface area contributed by atoms with E-state index in [9.17, 15) is 4.39 Å². The number of benzene rings is 2. The molecule has 2 nitrogen and oxygen atoms in total. The van der Waals surface area contributed by atoms with Crippen LogP contribution in [0, 0.1) is 5.82 Å². The molecule has 0 saturated carbocycles. The van der Waals surface area contributed by atoms with Gasteiger partial charge in [0.1, 0.15) is 5.82 Å². The van der Waals surface area contributed by atoms with Gasteiger partial charge in [0.25, 0.3) is 0 Å². The van der Waals surface area contributed by atoms with Gasteiger partial charge in [0.2, 0.25) is 0 Å². The molecule has 4 heteroatoms. The summed E-state index contributed by atoms with van der Waals surface area (Å²) < 4.78 is 13.3. The molecule has 2 aromatic carbocycles. The van der Waals surface area contributed by atoms with E-state index in [1.807, 2.05) is 12.1 Å². The van der Waals surface area contributed by atoms with Gasteiger partial charge >= 0.3 is 0 Å². The number of rotatable bonds is 2. The number of anilines is 2. The minimum atomic E-state index is -0.204. The van der Waals surface area contributed by atoms with Gasteiger partial charge in [-0.15, -0.1) is 0 Å². The van der Waals surface area contributed by atoms with E-state index in [4.69, 9.17) is 17.3 Å². The Balaban J connectivity index is 1.90. The number of hydrogen-bond donors (Lipinski definition) is 1. The summed E-state index contributed by atoms with van der Waals surface area (Å²) in [4.78, 5) is 2.14. The first kappa shape index (κ1) is 12.3. The Labute approximate surface area is 116 Å². The van der Waals surface area contributed by atoms with Crippen molar-refractivity contribution >= 4 is 23.0 Å². The van der Waals surface area contributed by atoms with E-state index in [1.54, 1.807) is 18.2 Å². The zero-order chi connectivity index (χ0) is 13.4. The number of nitrogen functional groups attached to an aromatic ring is 1. The van der Waals surface area contributed by atoms with Gasteiger partial charge in [-0.1, -0.05) is 17.7 Å². The van der Waals surface area contributed by atoms with Crippen molar-refractivity contribution in [2.45, 2.75) is 13.0 Å². The highest BCUT2D eigenvalue weighted by atomic mass is 35.5. The number of fused-ring (bicyclic) bond motifs is 1. The molecule has 2 aromatic rings. The lowest BCUT2D eigenvalue weighted by Crippen LogP contribution is -2.20. The molecule has 0 amide bonds. The molecular formula is C15H14ClFN2. The summed E-state index contributed by atoms with van der Waals surface area (Å²) in [5.41, 5.74) is 9.79. The Hall–Kier alpha value is -1.74. The SMILES string of the molecule is Nc1ccc(Cl)cc1CN1CCc2ccc(F)cc21.